The summed E-state index contributed by atoms with van der Waals surface area (Å²) in [5.41, 5.74) is 1.44. The van der Waals surface area contributed by atoms with Gasteiger partial charge in [0.1, 0.15) is 11.6 Å². The van der Waals surface area contributed by atoms with Crippen LogP contribution in [0.4, 0.5) is 10.3 Å². The number of tetrazole rings is 1. The Balaban J connectivity index is 1.75. The second-order valence-corrected chi connectivity index (χ2v) is 6.21. The molecule has 0 aliphatic carbocycles. The van der Waals surface area contributed by atoms with Crippen molar-refractivity contribution in [3.05, 3.63) is 64.4 Å². The first-order valence-corrected chi connectivity index (χ1v) is 8.17. The van der Waals surface area contributed by atoms with Crippen LogP contribution >= 0.6 is 11.6 Å². The summed E-state index contributed by atoms with van der Waals surface area (Å²) < 4.78 is 21.2. The summed E-state index contributed by atoms with van der Waals surface area (Å²) in [4.78, 5) is 0. The third-order valence-corrected chi connectivity index (χ3v) is 4.73. The van der Waals surface area contributed by atoms with E-state index in [1.165, 1.54) is 6.07 Å². The van der Waals surface area contributed by atoms with E-state index in [9.17, 15) is 4.39 Å². The van der Waals surface area contributed by atoms with Gasteiger partial charge in [-0.3, -0.25) is 0 Å². The first-order chi connectivity index (χ1) is 12.2. The van der Waals surface area contributed by atoms with E-state index in [0.29, 0.717) is 23.0 Å². The number of halogens is 2. The Morgan fingerprint density at radius 1 is 1.24 bits per heavy atom. The highest BCUT2D eigenvalue weighted by atomic mass is 35.5. The smallest absolute Gasteiger partial charge is 0.243 e. The quantitative estimate of drug-likeness (QED) is 0.773. The topological polar surface area (TPSA) is 64.9 Å². The Morgan fingerprint density at radius 3 is 2.76 bits per heavy atom. The SMILES string of the molecule is COc1ccc([C@@H]2C[C@H](c3c(F)cccc3Cl)n3nnnc3N2)cc1. The minimum Gasteiger partial charge on any atom is -0.497 e. The Morgan fingerprint density at radius 2 is 2.04 bits per heavy atom. The lowest BCUT2D eigenvalue weighted by atomic mass is 9.93. The van der Waals surface area contributed by atoms with Gasteiger partial charge in [0.05, 0.1) is 19.2 Å². The van der Waals surface area contributed by atoms with Crippen molar-refractivity contribution in [1.82, 2.24) is 20.2 Å². The number of rotatable bonds is 3. The molecule has 0 amide bonds. The molecule has 1 aromatic heterocycles. The lowest BCUT2D eigenvalue weighted by Crippen LogP contribution is -2.28. The molecule has 4 rings (SSSR count). The van der Waals surface area contributed by atoms with Gasteiger partial charge >= 0.3 is 0 Å². The number of ether oxygens (including phenoxy) is 1. The van der Waals surface area contributed by atoms with Crippen LogP contribution in [0.5, 0.6) is 5.75 Å². The van der Waals surface area contributed by atoms with Crippen molar-refractivity contribution in [2.45, 2.75) is 18.5 Å². The van der Waals surface area contributed by atoms with Crippen LogP contribution in [0.3, 0.4) is 0 Å². The highest BCUT2D eigenvalue weighted by Crippen LogP contribution is 2.40. The number of methoxy groups -OCH3 is 1. The van der Waals surface area contributed by atoms with Crippen molar-refractivity contribution >= 4 is 17.5 Å². The van der Waals surface area contributed by atoms with Crippen LogP contribution in [-0.4, -0.2) is 27.3 Å². The normalized spacial score (nSPS) is 19.2. The van der Waals surface area contributed by atoms with Gasteiger partial charge in [0, 0.05) is 10.6 Å². The Hall–Kier alpha value is -2.67. The molecule has 2 atom stereocenters. The number of benzene rings is 2. The van der Waals surface area contributed by atoms with Gasteiger partial charge in [-0.05, 0) is 46.7 Å². The largest absolute Gasteiger partial charge is 0.497 e. The van der Waals surface area contributed by atoms with Crippen LogP contribution in [0.25, 0.3) is 0 Å². The Bertz CT molecular complexity index is 878. The highest BCUT2D eigenvalue weighted by molar-refractivity contribution is 6.31. The van der Waals surface area contributed by atoms with E-state index in [1.54, 1.807) is 23.9 Å². The second kappa shape index (κ2) is 6.33. The van der Waals surface area contributed by atoms with Crippen molar-refractivity contribution in [3.8, 4) is 5.75 Å². The van der Waals surface area contributed by atoms with E-state index in [0.717, 1.165) is 11.3 Å². The third kappa shape index (κ3) is 2.80. The first-order valence-electron chi connectivity index (χ1n) is 7.79. The van der Waals surface area contributed by atoms with E-state index in [2.05, 4.69) is 20.8 Å². The Labute approximate surface area is 148 Å². The van der Waals surface area contributed by atoms with Crippen LogP contribution in [0.1, 0.15) is 29.6 Å². The summed E-state index contributed by atoms with van der Waals surface area (Å²) in [6, 6.07) is 11.9. The van der Waals surface area contributed by atoms with Gasteiger partial charge in [0.25, 0.3) is 0 Å². The molecule has 8 heteroatoms. The number of hydrogen-bond donors (Lipinski definition) is 1. The maximum absolute atomic E-state index is 14.5. The van der Waals surface area contributed by atoms with Crippen molar-refractivity contribution in [2.24, 2.45) is 0 Å². The molecule has 1 aliphatic rings. The maximum atomic E-state index is 14.5. The lowest BCUT2D eigenvalue weighted by Gasteiger charge is -2.31. The predicted octanol–water partition coefficient (Wildman–Crippen LogP) is 3.62. The molecule has 2 aromatic carbocycles. The minimum atomic E-state index is -0.396. The van der Waals surface area contributed by atoms with Gasteiger partial charge in [-0.2, -0.15) is 0 Å². The number of hydrogen-bond acceptors (Lipinski definition) is 5. The molecule has 0 radical (unpaired) electrons. The summed E-state index contributed by atoms with van der Waals surface area (Å²) in [5.74, 6) is 0.892. The second-order valence-electron chi connectivity index (χ2n) is 5.80. The van der Waals surface area contributed by atoms with E-state index >= 15 is 0 Å². The summed E-state index contributed by atoms with van der Waals surface area (Å²) in [6.07, 6.45) is 0.561. The average Bonchev–Trinajstić information content (AvgIpc) is 3.10. The molecular weight excluding hydrogens is 345 g/mol. The van der Waals surface area contributed by atoms with Gasteiger partial charge < -0.3 is 10.1 Å². The fraction of sp³-hybridized carbons (Fsp3) is 0.235. The zero-order valence-corrected chi connectivity index (χ0v) is 14.1. The number of fused-ring (bicyclic) bond motifs is 1. The average molecular weight is 360 g/mol. The summed E-state index contributed by atoms with van der Waals surface area (Å²) in [7, 11) is 1.62. The highest BCUT2D eigenvalue weighted by Gasteiger charge is 2.33. The minimum absolute atomic E-state index is 0.0786. The summed E-state index contributed by atoms with van der Waals surface area (Å²) in [6.45, 7) is 0. The first kappa shape index (κ1) is 15.8. The monoisotopic (exact) mass is 359 g/mol. The molecular formula is C17H15ClFN5O. The van der Waals surface area contributed by atoms with Crippen LogP contribution in [0, 0.1) is 5.82 Å². The fourth-order valence-electron chi connectivity index (χ4n) is 3.16. The van der Waals surface area contributed by atoms with Crippen molar-refractivity contribution < 1.29 is 9.13 Å². The Kier molecular flexibility index (Phi) is 4.01. The zero-order chi connectivity index (χ0) is 17.4. The number of aromatic nitrogens is 4. The van der Waals surface area contributed by atoms with Gasteiger partial charge in [-0.25, -0.2) is 9.07 Å². The zero-order valence-electron chi connectivity index (χ0n) is 13.4. The molecule has 2 heterocycles. The van der Waals surface area contributed by atoms with E-state index in [1.807, 2.05) is 24.3 Å². The van der Waals surface area contributed by atoms with Crippen molar-refractivity contribution in [3.63, 3.8) is 0 Å². The van der Waals surface area contributed by atoms with Crippen molar-refractivity contribution in [2.75, 3.05) is 12.4 Å². The number of nitrogens with one attached hydrogen (secondary N) is 1. The fourth-order valence-corrected chi connectivity index (χ4v) is 3.45. The molecule has 0 saturated heterocycles. The van der Waals surface area contributed by atoms with Crippen LogP contribution < -0.4 is 10.1 Å². The molecule has 1 aliphatic heterocycles. The molecule has 0 saturated carbocycles. The van der Waals surface area contributed by atoms with Gasteiger partial charge in [-0.1, -0.05) is 34.9 Å². The standard InChI is InChI=1S/C17H15ClFN5O/c1-25-11-7-5-10(6-8-11)14-9-15(24-17(20-14)21-22-23-24)16-12(18)3-2-4-13(16)19/h2-8,14-15H,9H2,1H3,(H,20,21,23)/t14-,15+/m0/s1. The molecule has 128 valence electrons. The van der Waals surface area contributed by atoms with E-state index in [4.69, 9.17) is 16.3 Å². The number of anilines is 1. The van der Waals surface area contributed by atoms with E-state index in [-0.39, 0.29) is 11.9 Å². The molecule has 3 aromatic rings. The maximum Gasteiger partial charge on any atom is 0.243 e. The van der Waals surface area contributed by atoms with Gasteiger partial charge in [0.2, 0.25) is 5.95 Å². The summed E-state index contributed by atoms with van der Waals surface area (Å²) in [5, 5.41) is 15.4. The molecule has 25 heavy (non-hydrogen) atoms. The van der Waals surface area contributed by atoms with Crippen LogP contribution in [-0.2, 0) is 0 Å². The lowest BCUT2D eigenvalue weighted by molar-refractivity contribution is 0.407. The van der Waals surface area contributed by atoms with Gasteiger partial charge in [0.15, 0.2) is 0 Å². The van der Waals surface area contributed by atoms with Crippen LogP contribution in [0.15, 0.2) is 42.5 Å². The molecule has 0 spiro atoms. The van der Waals surface area contributed by atoms with Crippen molar-refractivity contribution in [1.29, 1.82) is 0 Å². The number of nitrogens with zero attached hydrogens (tertiary/aromatic N) is 4. The molecule has 6 nitrogen and oxygen atoms in total. The molecule has 0 unspecified atom stereocenters. The molecule has 0 bridgehead atoms. The third-order valence-electron chi connectivity index (χ3n) is 4.40. The van der Waals surface area contributed by atoms with Gasteiger partial charge in [-0.15, -0.1) is 0 Å². The summed E-state index contributed by atoms with van der Waals surface area (Å²) >= 11 is 6.27. The predicted molar refractivity (Wildman–Crippen MR) is 91.3 cm³/mol. The van der Waals surface area contributed by atoms with E-state index < -0.39 is 6.04 Å². The van der Waals surface area contributed by atoms with Crippen LogP contribution in [0.2, 0.25) is 5.02 Å². The molecule has 1 N–H and O–H groups in total. The molecule has 0 fully saturated rings.